The van der Waals surface area contributed by atoms with Crippen LogP contribution >= 0.6 is 0 Å². The summed E-state index contributed by atoms with van der Waals surface area (Å²) >= 11 is 0. The summed E-state index contributed by atoms with van der Waals surface area (Å²) in [4.78, 5) is 25.5. The maximum atomic E-state index is 13.1. The summed E-state index contributed by atoms with van der Waals surface area (Å²) < 4.78 is 12.2. The molecule has 0 aliphatic rings. The van der Waals surface area contributed by atoms with Crippen molar-refractivity contribution in [1.82, 2.24) is 10.6 Å². The summed E-state index contributed by atoms with van der Waals surface area (Å²) in [6, 6.07) is 34.7. The predicted molar refractivity (Wildman–Crippen MR) is 158 cm³/mol. The fourth-order valence-electron chi connectivity index (χ4n) is 4.03. The van der Waals surface area contributed by atoms with Gasteiger partial charge in [0.1, 0.15) is 13.2 Å². The normalized spacial score (nSPS) is 11.1. The Morgan fingerprint density at radius 3 is 1.77 bits per heavy atom. The molecule has 6 nitrogen and oxygen atoms in total. The van der Waals surface area contributed by atoms with E-state index >= 15 is 0 Å². The smallest absolute Gasteiger partial charge is 0.224 e. The highest BCUT2D eigenvalue weighted by molar-refractivity contribution is 5.98. The van der Waals surface area contributed by atoms with Crippen molar-refractivity contribution in [2.24, 2.45) is 0 Å². The van der Waals surface area contributed by atoms with E-state index in [1.54, 1.807) is 18.2 Å². The molecule has 0 fully saturated rings. The minimum absolute atomic E-state index is 0.0568. The number of rotatable bonds is 14. The number of hydrogen-bond acceptors (Lipinski definition) is 5. The molecule has 6 heteroatoms. The minimum Gasteiger partial charge on any atom is -0.485 e. The van der Waals surface area contributed by atoms with Crippen LogP contribution in [0.25, 0.3) is 0 Å². The summed E-state index contributed by atoms with van der Waals surface area (Å²) in [6.07, 6.45) is 0.320. The van der Waals surface area contributed by atoms with Gasteiger partial charge in [-0.3, -0.25) is 9.59 Å². The van der Waals surface area contributed by atoms with Gasteiger partial charge in [0.05, 0.1) is 13.0 Å². The molecule has 2 N–H and O–H groups in total. The number of carbonyl (C=O) groups is 2. The van der Waals surface area contributed by atoms with Gasteiger partial charge in [-0.1, -0.05) is 91.0 Å². The van der Waals surface area contributed by atoms with Gasteiger partial charge in [-0.05, 0) is 48.7 Å². The van der Waals surface area contributed by atoms with E-state index in [9.17, 15) is 9.59 Å². The molecule has 0 saturated carbocycles. The Balaban J connectivity index is 1.36. The molecule has 0 aliphatic heterocycles. The fourth-order valence-corrected chi connectivity index (χ4v) is 4.03. The molecule has 0 bridgehead atoms. The number of benzene rings is 4. The average Bonchev–Trinajstić information content (AvgIpc) is 2.98. The maximum absolute atomic E-state index is 13.1. The van der Waals surface area contributed by atoms with Crippen LogP contribution in [0.15, 0.2) is 109 Å². The van der Waals surface area contributed by atoms with Crippen molar-refractivity contribution in [3.63, 3.8) is 0 Å². The molecular weight excluding hydrogens is 500 g/mol. The van der Waals surface area contributed by atoms with Crippen LogP contribution in [0.3, 0.4) is 0 Å². The molecule has 0 atom stereocenters. The second-order valence-electron chi connectivity index (χ2n) is 10.3. The van der Waals surface area contributed by atoms with Gasteiger partial charge in [0.15, 0.2) is 17.3 Å². The van der Waals surface area contributed by atoms with Gasteiger partial charge in [-0.15, -0.1) is 0 Å². The Morgan fingerprint density at radius 2 is 1.20 bits per heavy atom. The van der Waals surface area contributed by atoms with E-state index < -0.39 is 5.54 Å². The minimum atomic E-state index is -0.479. The molecule has 0 saturated heterocycles. The van der Waals surface area contributed by atoms with E-state index in [1.165, 1.54) is 0 Å². The first kappa shape index (κ1) is 28.6. The Morgan fingerprint density at radius 1 is 0.675 bits per heavy atom. The summed E-state index contributed by atoms with van der Waals surface area (Å²) in [5.41, 5.74) is 3.06. The van der Waals surface area contributed by atoms with Crippen LogP contribution in [-0.2, 0) is 24.4 Å². The zero-order chi connectivity index (χ0) is 28.2. The lowest BCUT2D eigenvalue weighted by Gasteiger charge is -2.26. The molecule has 0 unspecified atom stereocenters. The highest BCUT2D eigenvalue weighted by atomic mass is 16.5. The Kier molecular flexibility index (Phi) is 10.1. The van der Waals surface area contributed by atoms with Gasteiger partial charge in [-0.25, -0.2) is 0 Å². The summed E-state index contributed by atoms with van der Waals surface area (Å²) in [7, 11) is 0. The third-order valence-corrected chi connectivity index (χ3v) is 6.40. The van der Waals surface area contributed by atoms with Gasteiger partial charge in [0, 0.05) is 17.6 Å². The fraction of sp³-hybridized carbons (Fsp3) is 0.235. The molecule has 4 aromatic carbocycles. The van der Waals surface area contributed by atoms with Crippen LogP contribution in [-0.4, -0.2) is 30.3 Å². The molecular formula is C34H36N2O4. The van der Waals surface area contributed by atoms with Crippen LogP contribution < -0.4 is 20.1 Å². The number of amides is 1. The number of Topliss-reactive ketones (excluding diaryl/α,β-unsaturated/α-hetero) is 1. The number of ether oxygens (including phenoxy) is 2. The molecule has 40 heavy (non-hydrogen) atoms. The van der Waals surface area contributed by atoms with E-state index in [0.29, 0.717) is 43.2 Å². The first-order valence-electron chi connectivity index (χ1n) is 13.4. The number of carbonyl (C=O) groups excluding carboxylic acids is 2. The maximum Gasteiger partial charge on any atom is 0.224 e. The first-order chi connectivity index (χ1) is 19.4. The van der Waals surface area contributed by atoms with Crippen LogP contribution in [0.2, 0.25) is 0 Å². The molecule has 0 aliphatic carbocycles. The molecule has 206 valence electrons. The topological polar surface area (TPSA) is 76.7 Å². The quantitative estimate of drug-likeness (QED) is 0.201. The average molecular weight is 537 g/mol. The van der Waals surface area contributed by atoms with E-state index in [-0.39, 0.29) is 18.2 Å². The van der Waals surface area contributed by atoms with Gasteiger partial charge in [0.25, 0.3) is 0 Å². The molecule has 0 spiro atoms. The Labute approximate surface area is 236 Å². The van der Waals surface area contributed by atoms with E-state index in [2.05, 4.69) is 10.6 Å². The zero-order valence-corrected chi connectivity index (χ0v) is 23.1. The van der Waals surface area contributed by atoms with Gasteiger partial charge in [-0.2, -0.15) is 0 Å². The lowest BCUT2D eigenvalue weighted by Crippen LogP contribution is -2.50. The Hall–Kier alpha value is -4.42. The van der Waals surface area contributed by atoms with Crippen molar-refractivity contribution >= 4 is 11.7 Å². The monoisotopic (exact) mass is 536 g/mol. The van der Waals surface area contributed by atoms with E-state index in [0.717, 1.165) is 16.7 Å². The van der Waals surface area contributed by atoms with Crippen molar-refractivity contribution in [2.75, 3.05) is 13.1 Å². The zero-order valence-electron chi connectivity index (χ0n) is 23.1. The van der Waals surface area contributed by atoms with Gasteiger partial charge < -0.3 is 20.1 Å². The Bertz CT molecular complexity index is 1370. The molecule has 0 heterocycles. The number of nitrogens with one attached hydrogen (secondary N) is 2. The van der Waals surface area contributed by atoms with Crippen LogP contribution in [0.5, 0.6) is 11.5 Å². The summed E-state index contributed by atoms with van der Waals surface area (Å²) in [6.45, 7) is 5.17. The molecule has 0 aromatic heterocycles. The molecule has 4 aromatic rings. The van der Waals surface area contributed by atoms with Crippen molar-refractivity contribution in [3.8, 4) is 11.5 Å². The van der Waals surface area contributed by atoms with Crippen LogP contribution in [0.4, 0.5) is 0 Å². The highest BCUT2D eigenvalue weighted by Gasteiger charge is 2.21. The summed E-state index contributed by atoms with van der Waals surface area (Å²) in [5, 5.41) is 6.24. The van der Waals surface area contributed by atoms with Crippen molar-refractivity contribution in [1.29, 1.82) is 0 Å². The second kappa shape index (κ2) is 14.1. The predicted octanol–water partition coefficient (Wildman–Crippen LogP) is 5.75. The SMILES string of the molecule is CC(C)(CNC(=O)Cc1ccccc1)NCC(=O)c1ccc(OCc2ccccc2)c(OCc2ccccc2)c1. The molecule has 4 rings (SSSR count). The lowest BCUT2D eigenvalue weighted by atomic mass is 10.0. The summed E-state index contributed by atoms with van der Waals surface area (Å²) in [5.74, 6) is 0.949. The van der Waals surface area contributed by atoms with Crippen LogP contribution in [0, 0.1) is 0 Å². The standard InChI is InChI=1S/C34H36N2O4/c1-34(2,25-35-33(38)20-26-12-6-3-7-13-26)36-22-30(37)29-18-19-31(39-23-27-14-8-4-9-15-27)32(21-29)40-24-28-16-10-5-11-17-28/h3-19,21,36H,20,22-25H2,1-2H3,(H,35,38). The third kappa shape index (κ3) is 9.10. The van der Waals surface area contributed by atoms with Crippen molar-refractivity contribution in [2.45, 2.75) is 39.0 Å². The number of ketones is 1. The van der Waals surface area contributed by atoms with Gasteiger partial charge >= 0.3 is 0 Å². The van der Waals surface area contributed by atoms with Crippen molar-refractivity contribution < 1.29 is 19.1 Å². The van der Waals surface area contributed by atoms with Gasteiger partial charge in [0.2, 0.25) is 5.91 Å². The first-order valence-corrected chi connectivity index (χ1v) is 13.4. The van der Waals surface area contributed by atoms with Crippen molar-refractivity contribution in [3.05, 3.63) is 131 Å². The highest BCUT2D eigenvalue weighted by Crippen LogP contribution is 2.30. The third-order valence-electron chi connectivity index (χ3n) is 6.40. The van der Waals surface area contributed by atoms with E-state index in [1.807, 2.05) is 105 Å². The van der Waals surface area contributed by atoms with E-state index in [4.69, 9.17) is 9.47 Å². The molecule has 1 amide bonds. The lowest BCUT2D eigenvalue weighted by molar-refractivity contribution is -0.120. The second-order valence-corrected chi connectivity index (χ2v) is 10.3. The van der Waals surface area contributed by atoms with Crippen LogP contribution in [0.1, 0.15) is 40.9 Å². The number of hydrogen-bond donors (Lipinski definition) is 2. The molecule has 0 radical (unpaired) electrons. The largest absolute Gasteiger partial charge is 0.485 e.